The summed E-state index contributed by atoms with van der Waals surface area (Å²) in [6.45, 7) is 10.9. The van der Waals surface area contributed by atoms with Gasteiger partial charge in [-0.05, 0) is 136 Å². The predicted molar refractivity (Wildman–Crippen MR) is 237 cm³/mol. The molecule has 0 bridgehead atoms. The summed E-state index contributed by atoms with van der Waals surface area (Å²) in [6.07, 6.45) is 3.72. The van der Waals surface area contributed by atoms with E-state index < -0.39 is 0 Å². The first kappa shape index (κ1) is 51.9. The quantitative estimate of drug-likeness (QED) is 0.197. The van der Waals surface area contributed by atoms with Gasteiger partial charge in [-0.25, -0.2) is 0 Å². The predicted octanol–water partition coefficient (Wildman–Crippen LogP) is 4.68. The molecule has 0 unspecified atom stereocenters. The Morgan fingerprint density at radius 1 is 0.692 bits per heavy atom. The van der Waals surface area contributed by atoms with Crippen molar-refractivity contribution in [3.8, 4) is 41.1 Å². The van der Waals surface area contributed by atoms with Crippen LogP contribution in [0, 0.1) is 36.5 Å². The number of aromatic nitrogens is 4. The van der Waals surface area contributed by atoms with Crippen LogP contribution in [0.1, 0.15) is 105 Å². The Morgan fingerprint density at radius 3 is 1.46 bits per heavy atom. The zero-order valence-electron chi connectivity index (χ0n) is 37.4. The Labute approximate surface area is 421 Å². The maximum absolute atomic E-state index is 13.1. The van der Waals surface area contributed by atoms with Crippen molar-refractivity contribution in [2.45, 2.75) is 65.2 Å². The van der Waals surface area contributed by atoms with Gasteiger partial charge in [0.2, 0.25) is 5.89 Å². The number of anilines is 1. The number of aliphatic hydroxyl groups excluding tert-OH is 1. The van der Waals surface area contributed by atoms with Gasteiger partial charge in [-0.15, -0.1) is 10.2 Å². The summed E-state index contributed by atoms with van der Waals surface area (Å²) in [5.41, 5.74) is 13.8. The molecule has 2 fully saturated rings. The van der Waals surface area contributed by atoms with Crippen LogP contribution in [0.5, 0.6) is 6.08 Å². The topological polar surface area (TPSA) is 252 Å². The van der Waals surface area contributed by atoms with E-state index >= 15 is 0 Å². The van der Waals surface area contributed by atoms with Gasteiger partial charge < -0.3 is 39.7 Å². The standard InChI is InChI=1S/C24H24N4O3.C22H21N5O2.C2H6O.K.H2O/c1-3-30-24-27-26-22(31-24)21-14-20(7-4-16(21)2)23(29)28-12-10-19(11-13-28)18-8-5-17(15-25)6-9-18;1-14-2-5-18(12-19(14)20-25-26-22(24)29-20)21(28)27-10-8-17(9-11-27)16-6-3-15(13-23)4-7-16;1-2-3;;/h4-9,14,19H,3,10-13H2,1-2H3;2-7,12,17H,8-11H2,1H3,(H2,24,26);3H,2H2,1H3;;1H2/q;;;+1;/p-1. The second-order valence-electron chi connectivity index (χ2n) is 15.2. The van der Waals surface area contributed by atoms with Crippen LogP contribution >= 0.6 is 0 Å². The summed E-state index contributed by atoms with van der Waals surface area (Å²) in [5, 5.41) is 41.0. The van der Waals surface area contributed by atoms with Crippen molar-refractivity contribution in [1.82, 2.24) is 30.2 Å². The molecule has 65 heavy (non-hydrogen) atoms. The molecule has 4 N–H and O–H groups in total. The number of carbonyl (C=O) groups excluding carboxylic acids is 2. The molecule has 2 amide bonds. The minimum atomic E-state index is -0.00276. The molecule has 16 nitrogen and oxygen atoms in total. The molecular weight excluding hydrogens is 854 g/mol. The van der Waals surface area contributed by atoms with Crippen LogP contribution in [0.15, 0.2) is 93.8 Å². The third kappa shape index (κ3) is 13.4. The normalized spacial score (nSPS) is 13.6. The average Bonchev–Trinajstić information content (AvgIpc) is 3.98. The van der Waals surface area contributed by atoms with E-state index in [-0.39, 0.29) is 87.4 Å². The molecule has 6 aromatic rings. The summed E-state index contributed by atoms with van der Waals surface area (Å²) in [6, 6.07) is 30.8. The van der Waals surface area contributed by atoms with Gasteiger partial charge >= 0.3 is 63.5 Å². The summed E-state index contributed by atoms with van der Waals surface area (Å²) >= 11 is 0. The number of hydrogen-bond acceptors (Lipinski definition) is 14. The number of aliphatic hydroxyl groups is 1. The van der Waals surface area contributed by atoms with Crippen LogP contribution in [0.2, 0.25) is 0 Å². The monoisotopic (exact) mass is 905 g/mol. The Balaban J connectivity index is 0.000000261. The first-order valence-electron chi connectivity index (χ1n) is 21.0. The number of nitriles is 2. The van der Waals surface area contributed by atoms with Crippen LogP contribution in [0.3, 0.4) is 0 Å². The van der Waals surface area contributed by atoms with Crippen LogP contribution in [-0.2, 0) is 0 Å². The number of hydrogen-bond donors (Lipinski definition) is 2. The number of carbonyl (C=O) groups is 2. The molecule has 0 aliphatic carbocycles. The number of piperidine rings is 2. The first-order valence-corrected chi connectivity index (χ1v) is 21.0. The molecular formula is C48H52KN9O7. The van der Waals surface area contributed by atoms with E-state index in [9.17, 15) is 9.59 Å². The van der Waals surface area contributed by atoms with Gasteiger partial charge in [0.15, 0.2) is 0 Å². The molecule has 332 valence electrons. The summed E-state index contributed by atoms with van der Waals surface area (Å²) < 4.78 is 16.1. The zero-order chi connectivity index (χ0) is 44.9. The summed E-state index contributed by atoms with van der Waals surface area (Å²) in [7, 11) is 0. The fourth-order valence-electron chi connectivity index (χ4n) is 7.67. The number of aryl methyl sites for hydroxylation is 2. The van der Waals surface area contributed by atoms with Gasteiger partial charge in [0.05, 0.1) is 29.9 Å². The summed E-state index contributed by atoms with van der Waals surface area (Å²) in [5.74, 6) is 1.47. The van der Waals surface area contributed by atoms with E-state index in [1.54, 1.807) is 13.0 Å². The second kappa shape index (κ2) is 25.1. The Bertz CT molecular complexity index is 2570. The van der Waals surface area contributed by atoms with Crippen molar-refractivity contribution in [3.05, 3.63) is 129 Å². The number of nitrogens with two attached hydrogens (primary N) is 1. The number of benzene rings is 4. The van der Waals surface area contributed by atoms with Gasteiger partial charge in [-0.3, -0.25) is 9.59 Å². The maximum atomic E-state index is 13.1. The van der Waals surface area contributed by atoms with Crippen molar-refractivity contribution in [1.29, 1.82) is 10.5 Å². The molecule has 2 aliphatic rings. The number of rotatable bonds is 8. The average molecular weight is 906 g/mol. The Hall–Kier alpha value is -5.76. The SMILES string of the molecule is CCO.CCOc1nnc(-c2cc(C(=O)N3CCC(c4ccc(C#N)cc4)CC3)ccc2C)o1.Cc1ccc(C(=O)N2CCC(c3ccc(C#N)cc3)CC2)cc1-c1nnc(N)o1.[K+].[OH-]. The molecule has 4 aromatic carbocycles. The van der Waals surface area contributed by atoms with E-state index in [0.717, 1.165) is 42.4 Å². The van der Waals surface area contributed by atoms with Crippen LogP contribution in [0.4, 0.5) is 6.01 Å². The van der Waals surface area contributed by atoms with E-state index in [0.29, 0.717) is 84.2 Å². The van der Waals surface area contributed by atoms with Gasteiger partial charge in [0, 0.05) is 55.0 Å². The maximum Gasteiger partial charge on any atom is 1.00 e. The number of amides is 2. The number of nitrogen functional groups attached to an aromatic ring is 1. The van der Waals surface area contributed by atoms with Crippen LogP contribution in [-0.4, -0.2) is 92.0 Å². The molecule has 0 spiro atoms. The Kier molecular flexibility index (Phi) is 20.0. The molecule has 0 atom stereocenters. The Morgan fingerprint density at radius 2 is 1.09 bits per heavy atom. The molecule has 8 rings (SSSR count). The molecule has 0 radical (unpaired) electrons. The van der Waals surface area contributed by atoms with Crippen molar-refractivity contribution >= 4 is 17.8 Å². The molecule has 17 heteroatoms. The van der Waals surface area contributed by atoms with E-state index in [2.05, 4.69) is 32.5 Å². The van der Waals surface area contributed by atoms with Crippen molar-refractivity contribution < 1.29 is 85.1 Å². The fraction of sp³-hybridized carbons (Fsp3) is 0.333. The van der Waals surface area contributed by atoms with E-state index in [4.69, 9.17) is 34.9 Å². The van der Waals surface area contributed by atoms with E-state index in [1.165, 1.54) is 11.1 Å². The van der Waals surface area contributed by atoms with Crippen molar-refractivity contribution in [3.63, 3.8) is 0 Å². The van der Waals surface area contributed by atoms with Crippen LogP contribution < -0.4 is 61.9 Å². The number of ether oxygens (including phenoxy) is 1. The van der Waals surface area contributed by atoms with Crippen LogP contribution in [0.25, 0.3) is 22.9 Å². The zero-order valence-corrected chi connectivity index (χ0v) is 40.5. The fourth-order valence-corrected chi connectivity index (χ4v) is 7.67. The largest absolute Gasteiger partial charge is 1.00 e. The molecule has 2 saturated heterocycles. The first-order chi connectivity index (χ1) is 30.5. The molecule has 2 aromatic heterocycles. The van der Waals surface area contributed by atoms with Gasteiger partial charge in [-0.2, -0.15) is 10.5 Å². The minimum Gasteiger partial charge on any atom is -0.870 e. The van der Waals surface area contributed by atoms with Gasteiger partial charge in [0.25, 0.3) is 17.7 Å². The van der Waals surface area contributed by atoms with E-state index in [1.807, 2.05) is 109 Å². The minimum absolute atomic E-state index is 0. The molecule has 0 saturated carbocycles. The summed E-state index contributed by atoms with van der Waals surface area (Å²) in [4.78, 5) is 29.9. The van der Waals surface area contributed by atoms with Gasteiger partial charge in [-0.1, -0.05) is 46.6 Å². The third-order valence-electron chi connectivity index (χ3n) is 11.1. The third-order valence-corrected chi connectivity index (χ3v) is 11.1. The van der Waals surface area contributed by atoms with Gasteiger partial charge in [0.1, 0.15) is 0 Å². The smallest absolute Gasteiger partial charge is 0.870 e. The number of likely N-dealkylation sites (tertiary alicyclic amines) is 2. The van der Waals surface area contributed by atoms with Crippen molar-refractivity contribution in [2.24, 2.45) is 0 Å². The number of nitrogens with zero attached hydrogens (tertiary/aromatic N) is 8. The van der Waals surface area contributed by atoms with Crippen molar-refractivity contribution in [2.75, 3.05) is 45.1 Å². The second-order valence-corrected chi connectivity index (χ2v) is 15.2. The molecule has 4 heterocycles. The molecule has 2 aliphatic heterocycles.